The fraction of sp³-hybridized carbons (Fsp3) is 0.652. The van der Waals surface area contributed by atoms with Gasteiger partial charge in [-0.3, -0.25) is 9.59 Å². The number of rotatable bonds is 8. The van der Waals surface area contributed by atoms with Crippen molar-refractivity contribution in [2.75, 3.05) is 6.54 Å². The fourth-order valence-electron chi connectivity index (χ4n) is 13.8. The average Bonchev–Trinajstić information content (AvgIpc) is 3.51. The summed E-state index contributed by atoms with van der Waals surface area (Å²) in [6.07, 6.45) is 11.3. The molecule has 6 heteroatoms. The number of amides is 2. The number of aliphatic hydroxyl groups excluding tert-OH is 1. The highest BCUT2D eigenvalue weighted by atomic mass is 16.3. The van der Waals surface area contributed by atoms with E-state index in [9.17, 15) is 19.8 Å². The Morgan fingerprint density at radius 1 is 0.827 bits per heavy atom. The van der Waals surface area contributed by atoms with Crippen LogP contribution in [0.4, 0.5) is 0 Å². The number of carbonyl (C=O) groups is 2. The minimum Gasteiger partial charge on any atom is -0.508 e. The summed E-state index contributed by atoms with van der Waals surface area (Å²) in [5, 5.41) is 27.5. The summed E-state index contributed by atoms with van der Waals surface area (Å²) in [5.41, 5.74) is 3.71. The molecule has 0 aromatic heterocycles. The SMILES string of the molecule is C=C(C)[C@@H]1CC[C@]2(C(=O)NCCc3cccc(C(=O)NCc4ccccc4O)c3)CC[C@]3(C)C(CCC4[C@@]5(C)CC[C@H](O)C(C)(C)C5CC[C@]43C)C12. The van der Waals surface area contributed by atoms with Gasteiger partial charge in [-0.2, -0.15) is 0 Å². The number of fused-ring (bicyclic) bond motifs is 7. The summed E-state index contributed by atoms with van der Waals surface area (Å²) in [6, 6.07) is 14.7. The molecule has 5 fully saturated rings. The number of hydrogen-bond donors (Lipinski definition) is 4. The molecular formula is C46H64N2O4. The van der Waals surface area contributed by atoms with E-state index in [1.165, 1.54) is 31.3 Å². The van der Waals surface area contributed by atoms with Crippen molar-refractivity contribution in [3.05, 3.63) is 77.4 Å². The van der Waals surface area contributed by atoms with E-state index in [1.54, 1.807) is 18.2 Å². The lowest BCUT2D eigenvalue weighted by Gasteiger charge is -2.72. The fourth-order valence-corrected chi connectivity index (χ4v) is 13.8. The van der Waals surface area contributed by atoms with Crippen molar-refractivity contribution in [1.29, 1.82) is 0 Å². The van der Waals surface area contributed by atoms with E-state index in [4.69, 9.17) is 0 Å². The molecule has 4 unspecified atom stereocenters. The van der Waals surface area contributed by atoms with Gasteiger partial charge in [-0.05, 0) is 153 Å². The summed E-state index contributed by atoms with van der Waals surface area (Å²) in [5.74, 6) is 2.58. The van der Waals surface area contributed by atoms with E-state index >= 15 is 0 Å². The monoisotopic (exact) mass is 708 g/mol. The van der Waals surface area contributed by atoms with Gasteiger partial charge in [0, 0.05) is 24.2 Å². The molecular weight excluding hydrogens is 645 g/mol. The first-order valence-electron chi connectivity index (χ1n) is 20.3. The van der Waals surface area contributed by atoms with E-state index in [0.29, 0.717) is 53.7 Å². The summed E-state index contributed by atoms with van der Waals surface area (Å²) in [7, 11) is 0. The van der Waals surface area contributed by atoms with Crippen LogP contribution in [-0.2, 0) is 17.8 Å². The molecule has 2 amide bonds. The normalized spacial score (nSPS) is 38.9. The Balaban J connectivity index is 1.06. The number of phenols is 1. The van der Waals surface area contributed by atoms with Crippen LogP contribution in [0.15, 0.2) is 60.7 Å². The maximum absolute atomic E-state index is 14.6. The third-order valence-corrected chi connectivity index (χ3v) is 16.8. The molecule has 2 aromatic rings. The van der Waals surface area contributed by atoms with Crippen LogP contribution in [0.3, 0.4) is 0 Å². The highest BCUT2D eigenvalue weighted by Crippen LogP contribution is 2.77. The van der Waals surface area contributed by atoms with Gasteiger partial charge in [-0.25, -0.2) is 0 Å². The van der Waals surface area contributed by atoms with Gasteiger partial charge in [0.1, 0.15) is 5.75 Å². The smallest absolute Gasteiger partial charge is 0.251 e. The van der Waals surface area contributed by atoms with E-state index in [2.05, 4.69) is 58.8 Å². The van der Waals surface area contributed by atoms with Crippen molar-refractivity contribution < 1.29 is 19.8 Å². The van der Waals surface area contributed by atoms with Crippen molar-refractivity contribution in [1.82, 2.24) is 10.6 Å². The van der Waals surface area contributed by atoms with E-state index in [1.807, 2.05) is 30.3 Å². The number of nitrogens with one attached hydrogen (secondary N) is 2. The lowest BCUT2D eigenvalue weighted by molar-refractivity contribution is -0.246. The first-order chi connectivity index (χ1) is 24.6. The van der Waals surface area contributed by atoms with Crippen LogP contribution in [0.25, 0.3) is 0 Å². The van der Waals surface area contributed by atoms with E-state index < -0.39 is 0 Å². The molecule has 0 aliphatic heterocycles. The average molecular weight is 709 g/mol. The minimum absolute atomic E-state index is 0.0522. The Bertz CT molecular complexity index is 1720. The van der Waals surface area contributed by atoms with E-state index in [0.717, 1.165) is 44.1 Å². The van der Waals surface area contributed by atoms with Crippen LogP contribution < -0.4 is 10.6 Å². The van der Waals surface area contributed by atoms with Gasteiger partial charge in [0.15, 0.2) is 0 Å². The van der Waals surface area contributed by atoms with Gasteiger partial charge in [-0.15, -0.1) is 0 Å². The molecule has 5 aliphatic rings. The number of benzene rings is 2. The second kappa shape index (κ2) is 13.3. The van der Waals surface area contributed by atoms with Crippen LogP contribution in [0, 0.1) is 56.7 Å². The van der Waals surface area contributed by atoms with Gasteiger partial charge in [0.25, 0.3) is 5.91 Å². The lowest BCUT2D eigenvalue weighted by Crippen LogP contribution is -2.67. The zero-order chi connectivity index (χ0) is 37.3. The quantitative estimate of drug-likeness (QED) is 0.206. The predicted octanol–water partition coefficient (Wildman–Crippen LogP) is 9.00. The molecule has 10 atom stereocenters. The maximum atomic E-state index is 14.6. The molecule has 5 saturated carbocycles. The Kier molecular flexibility index (Phi) is 9.53. The second-order valence-corrected chi connectivity index (χ2v) is 19.2. The molecule has 0 saturated heterocycles. The van der Waals surface area contributed by atoms with Crippen LogP contribution in [-0.4, -0.2) is 34.7 Å². The molecule has 0 heterocycles. The molecule has 7 rings (SSSR count). The van der Waals surface area contributed by atoms with Gasteiger partial charge in [-0.1, -0.05) is 77.1 Å². The van der Waals surface area contributed by atoms with Crippen molar-refractivity contribution >= 4 is 11.8 Å². The number of carbonyl (C=O) groups excluding carboxylic acids is 2. The number of phenolic OH excluding ortho intramolecular Hbond substituents is 1. The lowest BCUT2D eigenvalue weighted by atomic mass is 9.32. The van der Waals surface area contributed by atoms with Crippen LogP contribution in [0.1, 0.15) is 127 Å². The highest BCUT2D eigenvalue weighted by molar-refractivity contribution is 5.94. The van der Waals surface area contributed by atoms with Crippen LogP contribution >= 0.6 is 0 Å². The van der Waals surface area contributed by atoms with Crippen LogP contribution in [0.5, 0.6) is 5.75 Å². The largest absolute Gasteiger partial charge is 0.508 e. The Labute approximate surface area is 312 Å². The van der Waals surface area contributed by atoms with Gasteiger partial charge in [0.05, 0.1) is 11.5 Å². The topological polar surface area (TPSA) is 98.7 Å². The third kappa shape index (κ3) is 5.67. The maximum Gasteiger partial charge on any atom is 0.251 e. The highest BCUT2D eigenvalue weighted by Gasteiger charge is 2.71. The molecule has 5 aliphatic carbocycles. The summed E-state index contributed by atoms with van der Waals surface area (Å²) < 4.78 is 0. The molecule has 6 nitrogen and oxygen atoms in total. The van der Waals surface area contributed by atoms with Gasteiger partial charge >= 0.3 is 0 Å². The molecule has 2 aromatic carbocycles. The summed E-state index contributed by atoms with van der Waals surface area (Å²) in [4.78, 5) is 27.6. The van der Waals surface area contributed by atoms with Gasteiger partial charge < -0.3 is 20.8 Å². The summed E-state index contributed by atoms with van der Waals surface area (Å²) >= 11 is 0. The number of aromatic hydroxyl groups is 1. The minimum atomic E-state index is -0.361. The number of hydrogen-bond acceptors (Lipinski definition) is 4. The Morgan fingerprint density at radius 2 is 1.60 bits per heavy atom. The van der Waals surface area contributed by atoms with Crippen molar-refractivity contribution in [3.63, 3.8) is 0 Å². The molecule has 0 bridgehead atoms. The number of allylic oxidation sites excluding steroid dienone is 1. The molecule has 0 spiro atoms. The number of aliphatic hydroxyl groups is 1. The standard InChI is InChI=1S/C46H64N2O4/c1-29(2)33-17-23-46(41(52)47-26-20-30-11-10-13-31(27-30)40(51)48-28-32-12-8-9-14-35(32)49)25-24-44(6)34(39(33)46)15-16-37-43(5)21-19-38(50)42(3,4)36(43)18-22-45(37,44)7/h8-14,27,33-34,36-39,49-50H,1,15-26,28H2,2-7H3,(H,47,52)(H,48,51)/t33-,34?,36?,37?,38-,39?,43-,44+,45+,46-/m0/s1. The zero-order valence-electron chi connectivity index (χ0n) is 32.7. The third-order valence-electron chi connectivity index (χ3n) is 16.8. The molecule has 4 N–H and O–H groups in total. The first-order valence-corrected chi connectivity index (χ1v) is 20.3. The Hall–Kier alpha value is -3.12. The predicted molar refractivity (Wildman–Crippen MR) is 207 cm³/mol. The van der Waals surface area contributed by atoms with Crippen LogP contribution in [0.2, 0.25) is 0 Å². The van der Waals surface area contributed by atoms with Crippen molar-refractivity contribution in [3.8, 4) is 5.75 Å². The van der Waals surface area contributed by atoms with E-state index in [-0.39, 0.29) is 57.3 Å². The second-order valence-electron chi connectivity index (χ2n) is 19.2. The number of para-hydroxylation sites is 1. The van der Waals surface area contributed by atoms with Gasteiger partial charge in [0.2, 0.25) is 5.91 Å². The molecule has 282 valence electrons. The van der Waals surface area contributed by atoms with Crippen molar-refractivity contribution in [2.45, 2.75) is 125 Å². The van der Waals surface area contributed by atoms with Crippen molar-refractivity contribution in [2.24, 2.45) is 56.7 Å². The summed E-state index contributed by atoms with van der Waals surface area (Å²) in [6.45, 7) is 20.0. The first kappa shape index (κ1) is 37.2. The zero-order valence-corrected chi connectivity index (χ0v) is 32.7. The molecule has 52 heavy (non-hydrogen) atoms. The Morgan fingerprint density at radius 3 is 2.35 bits per heavy atom. The molecule has 0 radical (unpaired) electrons.